The third-order valence-electron chi connectivity index (χ3n) is 4.72. The zero-order valence-electron chi connectivity index (χ0n) is 12.2. The molecule has 1 aromatic heterocycles. The molecular formula is C15H24N2O3. The van der Waals surface area contributed by atoms with Gasteiger partial charge in [0.25, 0.3) is 0 Å². The van der Waals surface area contributed by atoms with E-state index in [0.29, 0.717) is 18.1 Å². The molecule has 0 bridgehead atoms. The summed E-state index contributed by atoms with van der Waals surface area (Å²) in [5.41, 5.74) is -0.398. The van der Waals surface area contributed by atoms with Gasteiger partial charge < -0.3 is 14.4 Å². The van der Waals surface area contributed by atoms with Crippen LogP contribution in [0.4, 0.5) is 0 Å². The minimum absolute atomic E-state index is 0.222. The molecule has 1 aliphatic heterocycles. The molecule has 1 aromatic rings. The molecule has 20 heavy (non-hydrogen) atoms. The highest BCUT2D eigenvalue weighted by molar-refractivity contribution is 5.01. The Balaban J connectivity index is 1.67. The van der Waals surface area contributed by atoms with Gasteiger partial charge in [0.2, 0.25) is 11.7 Å². The Morgan fingerprint density at radius 1 is 1.25 bits per heavy atom. The normalized spacial score (nSPS) is 35.1. The fraction of sp³-hybridized carbons (Fsp3) is 0.867. The molecule has 112 valence electrons. The van der Waals surface area contributed by atoms with E-state index in [2.05, 4.69) is 10.1 Å². The minimum atomic E-state index is -0.398. The van der Waals surface area contributed by atoms with Gasteiger partial charge in [-0.25, -0.2) is 0 Å². The van der Waals surface area contributed by atoms with Crippen molar-refractivity contribution in [2.45, 2.75) is 70.0 Å². The van der Waals surface area contributed by atoms with Gasteiger partial charge in [-0.3, -0.25) is 0 Å². The predicted octanol–water partition coefficient (Wildman–Crippen LogP) is 2.58. The molecule has 5 heteroatoms. The molecule has 5 nitrogen and oxygen atoms in total. The summed E-state index contributed by atoms with van der Waals surface area (Å²) < 4.78 is 11.2. The predicted molar refractivity (Wildman–Crippen MR) is 73.1 cm³/mol. The van der Waals surface area contributed by atoms with Gasteiger partial charge >= 0.3 is 0 Å². The fourth-order valence-electron chi connectivity index (χ4n) is 3.31. The van der Waals surface area contributed by atoms with Crippen molar-refractivity contribution in [2.24, 2.45) is 5.92 Å². The third-order valence-corrected chi connectivity index (χ3v) is 4.72. The third kappa shape index (κ3) is 2.88. The number of aliphatic hydroxyl groups excluding tert-OH is 1. The van der Waals surface area contributed by atoms with Crippen LogP contribution in [0.2, 0.25) is 0 Å². The summed E-state index contributed by atoms with van der Waals surface area (Å²) in [5, 5.41) is 14.1. The van der Waals surface area contributed by atoms with E-state index in [4.69, 9.17) is 9.26 Å². The van der Waals surface area contributed by atoms with Gasteiger partial charge in [0.05, 0.1) is 6.10 Å². The second-order valence-corrected chi connectivity index (χ2v) is 6.36. The summed E-state index contributed by atoms with van der Waals surface area (Å²) in [4.78, 5) is 4.52. The van der Waals surface area contributed by atoms with Gasteiger partial charge in [-0.05, 0) is 44.9 Å². The monoisotopic (exact) mass is 280 g/mol. The number of aliphatic hydroxyl groups is 1. The van der Waals surface area contributed by atoms with Gasteiger partial charge in [0.1, 0.15) is 5.60 Å². The van der Waals surface area contributed by atoms with Crippen LogP contribution in [0.15, 0.2) is 4.52 Å². The van der Waals surface area contributed by atoms with E-state index in [1.165, 1.54) is 6.42 Å². The molecular weight excluding hydrogens is 256 g/mol. The zero-order chi connectivity index (χ0) is 14.0. The molecule has 2 aliphatic rings. The van der Waals surface area contributed by atoms with Crippen LogP contribution in [-0.4, -0.2) is 28.0 Å². The van der Waals surface area contributed by atoms with Gasteiger partial charge in [0, 0.05) is 13.0 Å². The Kier molecular flexibility index (Phi) is 4.08. The van der Waals surface area contributed by atoms with Crippen molar-refractivity contribution in [2.75, 3.05) is 6.61 Å². The molecule has 0 aromatic carbocycles. The zero-order valence-corrected chi connectivity index (χ0v) is 12.2. The van der Waals surface area contributed by atoms with E-state index < -0.39 is 5.60 Å². The molecule has 0 amide bonds. The molecule has 1 N–H and O–H groups in total. The first-order valence-electron chi connectivity index (χ1n) is 7.82. The lowest BCUT2D eigenvalue weighted by Gasteiger charge is -2.30. The van der Waals surface area contributed by atoms with E-state index in [-0.39, 0.29) is 12.0 Å². The summed E-state index contributed by atoms with van der Waals surface area (Å²) in [6, 6.07) is 0. The Hall–Kier alpha value is -0.940. The van der Waals surface area contributed by atoms with Crippen LogP contribution in [-0.2, 0) is 16.8 Å². The maximum atomic E-state index is 10.0. The summed E-state index contributed by atoms with van der Waals surface area (Å²) in [6.45, 7) is 2.80. The average molecular weight is 280 g/mol. The lowest BCUT2D eigenvalue weighted by molar-refractivity contribution is -0.0770. The maximum absolute atomic E-state index is 10.0. The maximum Gasteiger partial charge on any atom is 0.227 e. The molecule has 2 fully saturated rings. The van der Waals surface area contributed by atoms with Crippen molar-refractivity contribution in [3.63, 3.8) is 0 Å². The van der Waals surface area contributed by atoms with E-state index in [0.717, 1.165) is 45.1 Å². The summed E-state index contributed by atoms with van der Waals surface area (Å²) in [7, 11) is 0. The van der Waals surface area contributed by atoms with Crippen LogP contribution in [0, 0.1) is 5.92 Å². The number of aromatic nitrogens is 2. The largest absolute Gasteiger partial charge is 0.393 e. The minimum Gasteiger partial charge on any atom is -0.393 e. The number of nitrogens with zero attached hydrogens (tertiary/aromatic N) is 2. The Morgan fingerprint density at radius 2 is 2.10 bits per heavy atom. The molecule has 1 aliphatic carbocycles. The number of ether oxygens (including phenoxy) is 1. The fourth-order valence-corrected chi connectivity index (χ4v) is 3.31. The molecule has 0 radical (unpaired) electrons. The molecule has 3 rings (SSSR count). The second-order valence-electron chi connectivity index (χ2n) is 6.36. The topological polar surface area (TPSA) is 68.4 Å². The summed E-state index contributed by atoms with van der Waals surface area (Å²) >= 11 is 0. The Labute approximate surface area is 119 Å². The van der Waals surface area contributed by atoms with Crippen molar-refractivity contribution >= 4 is 0 Å². The molecule has 2 heterocycles. The summed E-state index contributed by atoms with van der Waals surface area (Å²) in [6.07, 6.45) is 7.90. The summed E-state index contributed by atoms with van der Waals surface area (Å²) in [5.74, 6) is 1.57. The van der Waals surface area contributed by atoms with E-state index in [1.54, 1.807) is 0 Å². The van der Waals surface area contributed by atoms with E-state index >= 15 is 0 Å². The van der Waals surface area contributed by atoms with Crippen LogP contribution in [0.5, 0.6) is 0 Å². The Bertz CT molecular complexity index is 440. The van der Waals surface area contributed by atoms with Crippen molar-refractivity contribution < 1.29 is 14.4 Å². The van der Waals surface area contributed by atoms with E-state index in [9.17, 15) is 5.11 Å². The standard InChI is InChI=1S/C15H24N2O3/c1-15(8-4-5-9-19-15)14-16-13(20-17-14)10-11-6-2-3-7-12(11)18/h11-12,18H,2-10H2,1H3. The van der Waals surface area contributed by atoms with Gasteiger partial charge in [-0.1, -0.05) is 18.0 Å². The van der Waals surface area contributed by atoms with Gasteiger partial charge in [0.15, 0.2) is 0 Å². The van der Waals surface area contributed by atoms with Crippen LogP contribution >= 0.6 is 0 Å². The molecule has 1 saturated carbocycles. The van der Waals surface area contributed by atoms with Gasteiger partial charge in [-0.15, -0.1) is 0 Å². The number of hydrogen-bond acceptors (Lipinski definition) is 5. The number of rotatable bonds is 3. The lowest BCUT2D eigenvalue weighted by atomic mass is 9.84. The first kappa shape index (κ1) is 14.0. The quantitative estimate of drug-likeness (QED) is 0.921. The highest BCUT2D eigenvalue weighted by atomic mass is 16.5. The van der Waals surface area contributed by atoms with Crippen LogP contribution < -0.4 is 0 Å². The molecule has 1 saturated heterocycles. The Morgan fingerprint density at radius 3 is 2.85 bits per heavy atom. The van der Waals surface area contributed by atoms with Crippen LogP contribution in [0.25, 0.3) is 0 Å². The van der Waals surface area contributed by atoms with E-state index in [1.807, 2.05) is 6.92 Å². The second kappa shape index (κ2) is 5.82. The van der Waals surface area contributed by atoms with Crippen molar-refractivity contribution in [3.8, 4) is 0 Å². The SMILES string of the molecule is CC1(c2noc(CC3CCCCC3O)n2)CCCCO1. The molecule has 3 unspecified atom stereocenters. The highest BCUT2D eigenvalue weighted by Crippen LogP contribution is 2.33. The van der Waals surface area contributed by atoms with Crippen LogP contribution in [0.1, 0.15) is 63.6 Å². The van der Waals surface area contributed by atoms with Crippen molar-refractivity contribution in [3.05, 3.63) is 11.7 Å². The average Bonchev–Trinajstić information content (AvgIpc) is 2.92. The first-order valence-corrected chi connectivity index (χ1v) is 7.82. The van der Waals surface area contributed by atoms with Crippen molar-refractivity contribution in [1.82, 2.24) is 10.1 Å². The molecule has 0 spiro atoms. The van der Waals surface area contributed by atoms with Crippen LogP contribution in [0.3, 0.4) is 0 Å². The smallest absolute Gasteiger partial charge is 0.227 e. The lowest BCUT2D eigenvalue weighted by Crippen LogP contribution is -2.31. The highest BCUT2D eigenvalue weighted by Gasteiger charge is 2.35. The first-order chi connectivity index (χ1) is 9.67. The van der Waals surface area contributed by atoms with Crippen molar-refractivity contribution in [1.29, 1.82) is 0 Å². The van der Waals surface area contributed by atoms with Gasteiger partial charge in [-0.2, -0.15) is 4.98 Å². The molecule has 3 atom stereocenters. The number of hydrogen-bond donors (Lipinski definition) is 1.